The van der Waals surface area contributed by atoms with Gasteiger partial charge in [-0.25, -0.2) is 0 Å². The molecule has 0 saturated carbocycles. The van der Waals surface area contributed by atoms with Crippen LogP contribution in [0.2, 0.25) is 0 Å². The maximum atomic E-state index is 12.4. The molecule has 3 rings (SSSR count). The molecule has 0 saturated heterocycles. The number of nitrogens with zero attached hydrogens (tertiary/aromatic N) is 1. The Balaban J connectivity index is -0.000000548. The van der Waals surface area contributed by atoms with E-state index in [-0.39, 0.29) is 11.8 Å². The highest BCUT2D eigenvalue weighted by Crippen LogP contribution is 2.39. The fourth-order valence-corrected chi connectivity index (χ4v) is 2.66. The highest BCUT2D eigenvalue weighted by molar-refractivity contribution is 6.04. The third-order valence-corrected chi connectivity index (χ3v) is 3.68. The number of para-hydroxylation sites is 1. The minimum absolute atomic E-state index is 0.0985. The van der Waals surface area contributed by atoms with Gasteiger partial charge in [-0.05, 0) is 24.1 Å². The van der Waals surface area contributed by atoms with Gasteiger partial charge in [0.25, 0.3) is 0 Å². The van der Waals surface area contributed by atoms with Gasteiger partial charge in [-0.1, -0.05) is 112 Å². The minimum Gasteiger partial charge on any atom is -0.314 e. The summed E-state index contributed by atoms with van der Waals surface area (Å²) < 4.78 is 0. The summed E-state index contributed by atoms with van der Waals surface area (Å²) in [5, 5.41) is 0. The van der Waals surface area contributed by atoms with Crippen LogP contribution in [-0.4, -0.2) is 13.0 Å². The molecule has 2 aromatic rings. The van der Waals surface area contributed by atoms with Crippen LogP contribution in [0.1, 0.15) is 87.6 Å². The average Bonchev–Trinajstić information content (AvgIpc) is 2.91. The number of carbonyl (C=O) groups excluding carboxylic acids is 1. The molecule has 28 heavy (non-hydrogen) atoms. The number of amides is 1. The Kier molecular flexibility index (Phi) is 21.5. The summed E-state index contributed by atoms with van der Waals surface area (Å²) >= 11 is 0. The summed E-state index contributed by atoms with van der Waals surface area (Å²) in [6.07, 6.45) is 0. The second kappa shape index (κ2) is 19.7. The monoisotopic (exact) mass is 387 g/mol. The second-order valence-corrected chi connectivity index (χ2v) is 4.72. The van der Waals surface area contributed by atoms with E-state index in [1.807, 2.05) is 120 Å². The first-order valence-electron chi connectivity index (χ1n) is 11.2. The summed E-state index contributed by atoms with van der Waals surface area (Å²) in [5.74, 6) is 0.0472. The molecule has 1 atom stereocenters. The van der Waals surface area contributed by atoms with Gasteiger partial charge in [0.15, 0.2) is 0 Å². The van der Waals surface area contributed by atoms with Gasteiger partial charge >= 0.3 is 0 Å². The quantitative estimate of drug-likeness (QED) is 0.443. The topological polar surface area (TPSA) is 20.3 Å². The predicted octanol–water partition coefficient (Wildman–Crippen LogP) is 8.56. The lowest BCUT2D eigenvalue weighted by molar-refractivity contribution is -0.119. The second-order valence-electron chi connectivity index (χ2n) is 4.72. The lowest BCUT2D eigenvalue weighted by Crippen LogP contribution is -2.29. The van der Waals surface area contributed by atoms with Gasteiger partial charge in [0.05, 0.1) is 11.6 Å². The largest absolute Gasteiger partial charge is 0.314 e. The summed E-state index contributed by atoms with van der Waals surface area (Å²) in [6, 6.07) is 16.2. The predicted molar refractivity (Wildman–Crippen MR) is 130 cm³/mol. The smallest absolute Gasteiger partial charge is 0.234 e. The van der Waals surface area contributed by atoms with E-state index in [0.717, 1.165) is 16.8 Å². The standard InChI is InChI=1S/C16H15NO.5C2H6/c1-11-12-7-3-4-8-13(12)14-9-5-6-10-15(14)17(2)16(11)18;5*1-2/h3-11H,1-2H3;5*1-2H3. The molecule has 160 valence electrons. The van der Waals surface area contributed by atoms with Crippen LogP contribution >= 0.6 is 0 Å². The summed E-state index contributed by atoms with van der Waals surface area (Å²) in [7, 11) is 1.85. The minimum atomic E-state index is -0.0985. The van der Waals surface area contributed by atoms with Crippen LogP contribution in [0.25, 0.3) is 11.1 Å². The normalized spacial score (nSPS) is 12.6. The Bertz CT molecular complexity index is 566. The number of carbonyl (C=O) groups is 1. The fraction of sp³-hybridized carbons (Fsp3) is 0.500. The summed E-state index contributed by atoms with van der Waals surface area (Å²) in [6.45, 7) is 22.0. The number of fused-ring (bicyclic) bond motifs is 3. The van der Waals surface area contributed by atoms with Gasteiger partial charge in [-0.3, -0.25) is 4.79 Å². The summed E-state index contributed by atoms with van der Waals surface area (Å²) in [5.41, 5.74) is 4.39. The average molecular weight is 388 g/mol. The van der Waals surface area contributed by atoms with Gasteiger partial charge in [0.2, 0.25) is 5.91 Å². The lowest BCUT2D eigenvalue weighted by Gasteiger charge is -2.19. The Hall–Kier alpha value is -2.09. The first-order chi connectivity index (χ1) is 13.7. The Morgan fingerprint density at radius 3 is 1.54 bits per heavy atom. The molecule has 0 aromatic heterocycles. The van der Waals surface area contributed by atoms with Crippen molar-refractivity contribution in [1.82, 2.24) is 0 Å². The van der Waals surface area contributed by atoms with Crippen molar-refractivity contribution in [3.63, 3.8) is 0 Å². The van der Waals surface area contributed by atoms with Crippen molar-refractivity contribution in [3.05, 3.63) is 54.1 Å². The molecule has 1 amide bonds. The number of likely N-dealkylation sites (N-methyl/N-ethyl adjacent to an activating group) is 1. The molecule has 1 unspecified atom stereocenters. The lowest BCUT2D eigenvalue weighted by atomic mass is 9.92. The van der Waals surface area contributed by atoms with Crippen LogP contribution in [0.15, 0.2) is 48.5 Å². The van der Waals surface area contributed by atoms with Crippen molar-refractivity contribution in [2.24, 2.45) is 0 Å². The highest BCUT2D eigenvalue weighted by Gasteiger charge is 2.28. The van der Waals surface area contributed by atoms with Crippen molar-refractivity contribution in [2.75, 3.05) is 11.9 Å². The van der Waals surface area contributed by atoms with Gasteiger partial charge in [0.1, 0.15) is 0 Å². The molecular formula is C26H45NO. The van der Waals surface area contributed by atoms with Crippen molar-refractivity contribution >= 4 is 11.6 Å². The fourth-order valence-electron chi connectivity index (χ4n) is 2.66. The molecule has 1 heterocycles. The van der Waals surface area contributed by atoms with Crippen molar-refractivity contribution < 1.29 is 4.79 Å². The van der Waals surface area contributed by atoms with Crippen molar-refractivity contribution in [2.45, 2.75) is 82.1 Å². The van der Waals surface area contributed by atoms with E-state index in [1.54, 1.807) is 4.90 Å². The maximum Gasteiger partial charge on any atom is 0.234 e. The maximum absolute atomic E-state index is 12.4. The molecule has 0 fully saturated rings. The molecular weight excluding hydrogens is 342 g/mol. The van der Waals surface area contributed by atoms with Crippen LogP contribution in [0.3, 0.4) is 0 Å². The molecule has 0 bridgehead atoms. The highest BCUT2D eigenvalue weighted by atomic mass is 16.2. The molecule has 1 aliphatic heterocycles. The zero-order valence-corrected chi connectivity index (χ0v) is 20.6. The van der Waals surface area contributed by atoms with Crippen LogP contribution < -0.4 is 4.90 Å². The zero-order valence-electron chi connectivity index (χ0n) is 20.6. The Morgan fingerprint density at radius 2 is 1.04 bits per heavy atom. The van der Waals surface area contributed by atoms with E-state index in [4.69, 9.17) is 0 Å². The van der Waals surface area contributed by atoms with E-state index in [9.17, 15) is 4.79 Å². The van der Waals surface area contributed by atoms with Crippen molar-refractivity contribution in [3.8, 4) is 11.1 Å². The van der Waals surface area contributed by atoms with E-state index in [1.165, 1.54) is 5.56 Å². The van der Waals surface area contributed by atoms with Crippen LogP contribution in [0.4, 0.5) is 5.69 Å². The van der Waals surface area contributed by atoms with Gasteiger partial charge in [-0.15, -0.1) is 0 Å². The number of benzene rings is 2. The Morgan fingerprint density at radius 1 is 0.643 bits per heavy atom. The van der Waals surface area contributed by atoms with Crippen LogP contribution in [0.5, 0.6) is 0 Å². The van der Waals surface area contributed by atoms with Gasteiger partial charge in [0, 0.05) is 12.6 Å². The number of hydrogen-bond acceptors (Lipinski definition) is 1. The van der Waals surface area contributed by atoms with Crippen LogP contribution in [0, 0.1) is 0 Å². The zero-order chi connectivity index (χ0) is 22.7. The molecule has 0 aliphatic carbocycles. The number of rotatable bonds is 0. The molecule has 0 N–H and O–H groups in total. The third kappa shape index (κ3) is 7.88. The van der Waals surface area contributed by atoms with Gasteiger partial charge in [-0.2, -0.15) is 0 Å². The number of anilines is 1. The molecule has 1 aliphatic rings. The Labute approximate surface area is 176 Å². The first kappa shape index (κ1) is 30.6. The van der Waals surface area contributed by atoms with Gasteiger partial charge < -0.3 is 4.90 Å². The van der Waals surface area contributed by atoms with E-state index in [2.05, 4.69) is 12.1 Å². The van der Waals surface area contributed by atoms with E-state index >= 15 is 0 Å². The van der Waals surface area contributed by atoms with E-state index in [0.29, 0.717) is 0 Å². The molecule has 0 radical (unpaired) electrons. The van der Waals surface area contributed by atoms with Crippen LogP contribution in [-0.2, 0) is 4.79 Å². The van der Waals surface area contributed by atoms with Crippen molar-refractivity contribution in [1.29, 1.82) is 0 Å². The molecule has 2 heteroatoms. The molecule has 2 nitrogen and oxygen atoms in total. The third-order valence-electron chi connectivity index (χ3n) is 3.68. The molecule has 2 aromatic carbocycles. The SMILES string of the molecule is CC.CC.CC.CC.CC.CC1C(=O)N(C)c2ccccc2-c2ccccc21. The number of hydrogen-bond donors (Lipinski definition) is 0. The molecule has 0 spiro atoms. The van der Waals surface area contributed by atoms with E-state index < -0.39 is 0 Å². The first-order valence-corrected chi connectivity index (χ1v) is 11.2. The summed E-state index contributed by atoms with van der Waals surface area (Å²) in [4.78, 5) is 14.2.